The fourth-order valence-electron chi connectivity index (χ4n) is 5.39. The van der Waals surface area contributed by atoms with Gasteiger partial charge in [0, 0.05) is 49.7 Å². The summed E-state index contributed by atoms with van der Waals surface area (Å²) in [5, 5.41) is 4.04. The molecule has 2 aromatic heterocycles. The molecule has 1 saturated heterocycles. The van der Waals surface area contributed by atoms with Crippen molar-refractivity contribution < 1.29 is 19.1 Å². The van der Waals surface area contributed by atoms with Crippen molar-refractivity contribution >= 4 is 33.9 Å². The second-order valence-electron chi connectivity index (χ2n) is 11.1. The van der Waals surface area contributed by atoms with Gasteiger partial charge in [-0.1, -0.05) is 0 Å². The van der Waals surface area contributed by atoms with E-state index in [0.29, 0.717) is 18.7 Å². The number of alkyl carbamates (subject to hydrolysis) is 1. The van der Waals surface area contributed by atoms with E-state index in [1.807, 2.05) is 58.2 Å². The Balaban J connectivity index is 1.40. The summed E-state index contributed by atoms with van der Waals surface area (Å²) in [6.07, 6.45) is 1.17. The van der Waals surface area contributed by atoms with Gasteiger partial charge in [0.15, 0.2) is 5.82 Å². The van der Waals surface area contributed by atoms with Gasteiger partial charge < -0.3 is 28.8 Å². The smallest absolute Gasteiger partial charge is 0.407 e. The molecular weight excluding hydrogens is 494 g/mol. The van der Waals surface area contributed by atoms with Crippen molar-refractivity contribution in [2.45, 2.75) is 58.7 Å². The first-order valence-corrected chi connectivity index (χ1v) is 13.5. The molecule has 39 heavy (non-hydrogen) atoms. The summed E-state index contributed by atoms with van der Waals surface area (Å²) in [5.41, 5.74) is 3.85. The lowest BCUT2D eigenvalue weighted by Crippen LogP contribution is -2.50. The van der Waals surface area contributed by atoms with Crippen molar-refractivity contribution in [1.82, 2.24) is 24.3 Å². The Bertz CT molecular complexity index is 1540. The van der Waals surface area contributed by atoms with E-state index in [0.717, 1.165) is 58.6 Å². The van der Waals surface area contributed by atoms with Crippen molar-refractivity contribution in [3.8, 4) is 17.3 Å². The van der Waals surface area contributed by atoms with E-state index >= 15 is 0 Å². The van der Waals surface area contributed by atoms with Crippen LogP contribution in [0.4, 0.5) is 4.79 Å². The predicted molar refractivity (Wildman–Crippen MR) is 152 cm³/mol. The van der Waals surface area contributed by atoms with Crippen molar-refractivity contribution in [2.24, 2.45) is 7.05 Å². The largest absolute Gasteiger partial charge is 0.497 e. The minimum absolute atomic E-state index is 0.0606. The van der Waals surface area contributed by atoms with Crippen LogP contribution >= 0.6 is 0 Å². The molecule has 3 heterocycles. The van der Waals surface area contributed by atoms with Crippen LogP contribution in [0.5, 0.6) is 5.75 Å². The molecule has 1 fully saturated rings. The number of benzene rings is 2. The molecule has 9 nitrogen and oxygen atoms in total. The molecule has 0 radical (unpaired) electrons. The molecule has 1 aliphatic rings. The maximum Gasteiger partial charge on any atom is 0.407 e. The van der Waals surface area contributed by atoms with Gasteiger partial charge in [0.2, 0.25) is 0 Å². The summed E-state index contributed by atoms with van der Waals surface area (Å²) in [4.78, 5) is 32.5. The molecule has 0 saturated carbocycles. The van der Waals surface area contributed by atoms with Gasteiger partial charge in [-0.15, -0.1) is 0 Å². The number of carbonyl (C=O) groups is 2. The zero-order valence-corrected chi connectivity index (χ0v) is 23.6. The number of likely N-dealkylation sites (tertiary alicyclic amines) is 1. The molecular formula is C30H37N5O4. The number of hydrogen-bond donors (Lipinski definition) is 1. The Morgan fingerprint density at radius 3 is 2.62 bits per heavy atom. The van der Waals surface area contributed by atoms with Crippen LogP contribution in [0.1, 0.15) is 50.9 Å². The Labute approximate surface area is 228 Å². The summed E-state index contributed by atoms with van der Waals surface area (Å²) in [5.74, 6) is 1.59. The van der Waals surface area contributed by atoms with Gasteiger partial charge in [-0.3, -0.25) is 4.79 Å². The summed E-state index contributed by atoms with van der Waals surface area (Å²) in [6, 6.07) is 13.8. The van der Waals surface area contributed by atoms with E-state index in [-0.39, 0.29) is 11.9 Å². The Morgan fingerprint density at radius 1 is 1.10 bits per heavy atom. The zero-order chi connectivity index (χ0) is 27.9. The molecule has 1 N–H and O–H groups in total. The lowest BCUT2D eigenvalue weighted by atomic mass is 10.0. The number of carbonyl (C=O) groups excluding carboxylic acids is 2. The molecule has 0 spiro atoms. The number of nitrogens with one attached hydrogen (secondary N) is 1. The minimum Gasteiger partial charge on any atom is -0.497 e. The molecule has 0 aliphatic carbocycles. The SMILES string of the molecule is CCn1c(-c2nc3cc(C(=O)N4CCC[C@@H](NC(=O)OC(C)(C)C)C4)ccc3n2C)cc2ccc(OC)cc21. The second-order valence-corrected chi connectivity index (χ2v) is 11.1. The van der Waals surface area contributed by atoms with Crippen molar-refractivity contribution in [2.75, 3.05) is 20.2 Å². The molecule has 4 aromatic rings. The highest BCUT2D eigenvalue weighted by Gasteiger charge is 2.28. The van der Waals surface area contributed by atoms with Crippen LogP contribution in [0.3, 0.4) is 0 Å². The first-order chi connectivity index (χ1) is 18.6. The van der Waals surface area contributed by atoms with Gasteiger partial charge in [0.05, 0.1) is 29.4 Å². The highest BCUT2D eigenvalue weighted by atomic mass is 16.6. The summed E-state index contributed by atoms with van der Waals surface area (Å²) in [7, 11) is 3.68. The third-order valence-corrected chi connectivity index (χ3v) is 7.21. The molecule has 206 valence electrons. The van der Waals surface area contributed by atoms with Crippen LogP contribution in [-0.4, -0.2) is 62.9 Å². The fourth-order valence-corrected chi connectivity index (χ4v) is 5.39. The maximum atomic E-state index is 13.5. The Morgan fingerprint density at radius 2 is 1.90 bits per heavy atom. The van der Waals surface area contributed by atoms with Crippen LogP contribution in [0, 0.1) is 0 Å². The standard InChI is InChI=1S/C30H37N5O4/c1-7-35-25-17-22(38-6)12-10-19(25)16-26(35)27-32-23-15-20(11-13-24(23)33(27)5)28(36)34-14-8-9-21(18-34)31-29(37)39-30(2,3)4/h10-13,15-17,21H,7-9,14,18H2,1-6H3,(H,31,37)/t21-/m1/s1. The minimum atomic E-state index is -0.566. The van der Waals surface area contributed by atoms with Gasteiger partial charge in [0.25, 0.3) is 5.91 Å². The summed E-state index contributed by atoms with van der Waals surface area (Å²) >= 11 is 0. The molecule has 2 amide bonds. The highest BCUT2D eigenvalue weighted by Crippen LogP contribution is 2.32. The number of fused-ring (bicyclic) bond motifs is 2. The number of hydrogen-bond acceptors (Lipinski definition) is 5. The van der Waals surface area contributed by atoms with E-state index in [2.05, 4.69) is 33.5 Å². The van der Waals surface area contributed by atoms with Crippen molar-refractivity contribution in [3.05, 3.63) is 48.0 Å². The molecule has 2 aromatic carbocycles. The van der Waals surface area contributed by atoms with E-state index in [9.17, 15) is 9.59 Å². The molecule has 0 unspecified atom stereocenters. The number of ether oxygens (including phenoxy) is 2. The van der Waals surface area contributed by atoms with E-state index in [4.69, 9.17) is 14.5 Å². The fraction of sp³-hybridized carbons (Fsp3) is 0.433. The van der Waals surface area contributed by atoms with Crippen LogP contribution in [0.2, 0.25) is 0 Å². The number of rotatable bonds is 5. The number of methoxy groups -OCH3 is 1. The van der Waals surface area contributed by atoms with Crippen molar-refractivity contribution in [3.63, 3.8) is 0 Å². The van der Waals surface area contributed by atoms with Crippen LogP contribution in [-0.2, 0) is 18.3 Å². The lowest BCUT2D eigenvalue weighted by molar-refractivity contribution is 0.0452. The second kappa shape index (κ2) is 10.3. The number of nitrogens with zero attached hydrogens (tertiary/aromatic N) is 4. The van der Waals surface area contributed by atoms with Gasteiger partial charge in [-0.05, 0) is 76.9 Å². The van der Waals surface area contributed by atoms with Crippen molar-refractivity contribution in [1.29, 1.82) is 0 Å². The van der Waals surface area contributed by atoms with Gasteiger partial charge in [-0.25, -0.2) is 9.78 Å². The first kappa shape index (κ1) is 26.6. The molecule has 1 atom stereocenters. The lowest BCUT2D eigenvalue weighted by Gasteiger charge is -2.33. The topological polar surface area (TPSA) is 90.6 Å². The van der Waals surface area contributed by atoms with Gasteiger partial charge >= 0.3 is 6.09 Å². The highest BCUT2D eigenvalue weighted by molar-refractivity contribution is 5.98. The first-order valence-electron chi connectivity index (χ1n) is 13.5. The molecule has 1 aliphatic heterocycles. The van der Waals surface area contributed by atoms with Gasteiger partial charge in [0.1, 0.15) is 11.4 Å². The number of aromatic nitrogens is 3. The molecule has 0 bridgehead atoms. The number of aryl methyl sites for hydroxylation is 2. The quantitative estimate of drug-likeness (QED) is 0.375. The molecule has 9 heteroatoms. The van der Waals surface area contributed by atoms with E-state index < -0.39 is 11.7 Å². The maximum absolute atomic E-state index is 13.5. The Hall–Kier alpha value is -4.01. The number of amides is 2. The predicted octanol–water partition coefficient (Wildman–Crippen LogP) is 5.35. The van der Waals surface area contributed by atoms with E-state index in [1.165, 1.54) is 0 Å². The molecule has 5 rings (SSSR count). The van der Waals surface area contributed by atoms with Crippen LogP contribution < -0.4 is 10.1 Å². The summed E-state index contributed by atoms with van der Waals surface area (Å²) < 4.78 is 15.1. The average Bonchev–Trinajstić information content (AvgIpc) is 3.43. The zero-order valence-electron chi connectivity index (χ0n) is 23.6. The average molecular weight is 532 g/mol. The number of imidazole rings is 1. The van der Waals surface area contributed by atoms with Gasteiger partial charge in [-0.2, -0.15) is 0 Å². The third kappa shape index (κ3) is 5.30. The van der Waals surface area contributed by atoms with Crippen LogP contribution in [0.25, 0.3) is 33.5 Å². The van der Waals surface area contributed by atoms with E-state index in [1.54, 1.807) is 12.0 Å². The Kier molecular flexibility index (Phi) is 7.01. The monoisotopic (exact) mass is 531 g/mol. The normalized spacial score (nSPS) is 16.1. The third-order valence-electron chi connectivity index (χ3n) is 7.21. The number of piperidine rings is 1. The summed E-state index contributed by atoms with van der Waals surface area (Å²) in [6.45, 7) is 9.50. The van der Waals surface area contributed by atoms with Crippen LogP contribution in [0.15, 0.2) is 42.5 Å².